The molecule has 2 aromatic carbocycles. The first-order valence-electron chi connectivity index (χ1n) is 7.17. The maximum Gasteiger partial charge on any atom is 0.132 e. The highest BCUT2D eigenvalue weighted by atomic mass is 32.2. The molecular weight excluding hydrogens is 310 g/mol. The fourth-order valence-electron chi connectivity index (χ4n) is 2.04. The van der Waals surface area contributed by atoms with Gasteiger partial charge in [-0.15, -0.1) is 11.8 Å². The minimum atomic E-state index is -0.109. The van der Waals surface area contributed by atoms with Gasteiger partial charge in [-0.05, 0) is 49.6 Å². The first-order chi connectivity index (χ1) is 11.1. The van der Waals surface area contributed by atoms with Crippen molar-refractivity contribution < 1.29 is 14.2 Å². The van der Waals surface area contributed by atoms with Crippen LogP contribution in [-0.4, -0.2) is 26.1 Å². The van der Waals surface area contributed by atoms with E-state index in [1.807, 2.05) is 37.4 Å². The van der Waals surface area contributed by atoms with Crippen LogP contribution >= 0.6 is 11.8 Å². The third-order valence-corrected chi connectivity index (χ3v) is 3.79. The van der Waals surface area contributed by atoms with Gasteiger partial charge < -0.3 is 14.2 Å². The third kappa shape index (κ3) is 5.20. The molecule has 0 aliphatic heterocycles. The van der Waals surface area contributed by atoms with Crippen LogP contribution in [0.4, 0.5) is 0 Å². The fraction of sp³-hybridized carbons (Fsp3) is 0.278. The molecule has 0 aliphatic carbocycles. The normalized spacial score (nSPS) is 11.6. The smallest absolute Gasteiger partial charge is 0.132 e. The van der Waals surface area contributed by atoms with Crippen molar-refractivity contribution in [2.24, 2.45) is 0 Å². The summed E-state index contributed by atoms with van der Waals surface area (Å²) in [5, 5.41) is 9.17. The molecule has 2 aromatic rings. The average molecular weight is 329 g/mol. The van der Waals surface area contributed by atoms with Gasteiger partial charge in [-0.25, -0.2) is 0 Å². The first kappa shape index (κ1) is 17.2. The van der Waals surface area contributed by atoms with Crippen LogP contribution in [0.2, 0.25) is 0 Å². The Kier molecular flexibility index (Phi) is 6.33. The van der Waals surface area contributed by atoms with E-state index in [1.54, 1.807) is 37.1 Å². The molecule has 0 spiro atoms. The summed E-state index contributed by atoms with van der Waals surface area (Å²) in [6, 6.07) is 15.1. The zero-order chi connectivity index (χ0) is 16.7. The summed E-state index contributed by atoms with van der Waals surface area (Å²) in [4.78, 5) is 1.17. The summed E-state index contributed by atoms with van der Waals surface area (Å²) < 4.78 is 16.6. The quantitative estimate of drug-likeness (QED) is 0.701. The molecule has 0 fully saturated rings. The maximum absolute atomic E-state index is 9.17. The van der Waals surface area contributed by atoms with Crippen LogP contribution in [0, 0.1) is 11.3 Å². The van der Waals surface area contributed by atoms with Crippen molar-refractivity contribution in [2.45, 2.75) is 17.9 Å². The Labute approximate surface area is 141 Å². The number of rotatable bonds is 7. The zero-order valence-corrected chi connectivity index (χ0v) is 14.2. The number of hydrogen-bond donors (Lipinski definition) is 0. The molecule has 0 N–H and O–H groups in total. The highest BCUT2D eigenvalue weighted by Gasteiger charge is 2.08. The van der Waals surface area contributed by atoms with Crippen LogP contribution in [-0.2, 0) is 4.74 Å². The Morgan fingerprint density at radius 2 is 1.78 bits per heavy atom. The topological polar surface area (TPSA) is 51.5 Å². The van der Waals surface area contributed by atoms with Crippen molar-refractivity contribution in [1.82, 2.24) is 0 Å². The van der Waals surface area contributed by atoms with E-state index in [0.717, 1.165) is 0 Å². The van der Waals surface area contributed by atoms with Crippen LogP contribution in [0.1, 0.15) is 12.5 Å². The molecule has 0 heterocycles. The largest absolute Gasteiger partial charge is 0.488 e. The van der Waals surface area contributed by atoms with E-state index in [4.69, 9.17) is 19.5 Å². The van der Waals surface area contributed by atoms with Crippen LogP contribution in [0.15, 0.2) is 47.4 Å². The van der Waals surface area contributed by atoms with E-state index in [9.17, 15) is 0 Å². The van der Waals surface area contributed by atoms with Gasteiger partial charge in [0.25, 0.3) is 0 Å². The second-order valence-corrected chi connectivity index (χ2v) is 5.85. The number of ether oxygens (including phenoxy) is 3. The second kappa shape index (κ2) is 8.47. The summed E-state index contributed by atoms with van der Waals surface area (Å²) in [6.07, 6.45) is 1.92. The van der Waals surface area contributed by atoms with Crippen molar-refractivity contribution in [3.05, 3.63) is 48.0 Å². The van der Waals surface area contributed by atoms with E-state index < -0.39 is 0 Å². The van der Waals surface area contributed by atoms with E-state index in [0.29, 0.717) is 29.4 Å². The highest BCUT2D eigenvalue weighted by Crippen LogP contribution is 2.29. The molecular formula is C18H19NO3S. The van der Waals surface area contributed by atoms with Gasteiger partial charge in [0.2, 0.25) is 0 Å². The third-order valence-electron chi connectivity index (χ3n) is 3.04. The Morgan fingerprint density at radius 1 is 1.09 bits per heavy atom. The Hall–Kier alpha value is -2.16. The van der Waals surface area contributed by atoms with E-state index in [2.05, 4.69) is 6.07 Å². The lowest BCUT2D eigenvalue weighted by Crippen LogP contribution is -2.17. The average Bonchev–Trinajstić information content (AvgIpc) is 2.55. The van der Waals surface area contributed by atoms with Crippen LogP contribution in [0.3, 0.4) is 0 Å². The standard InChI is InChI=1S/C18H19NO3S/c1-13(12-20-2)21-16-8-14(11-19)9-17(10-16)22-15-4-6-18(23-3)7-5-15/h4-10,13H,12H2,1-3H3. The van der Waals surface area contributed by atoms with Gasteiger partial charge in [-0.1, -0.05) is 0 Å². The molecule has 0 bridgehead atoms. The molecule has 23 heavy (non-hydrogen) atoms. The molecule has 1 unspecified atom stereocenters. The molecule has 4 nitrogen and oxygen atoms in total. The van der Waals surface area contributed by atoms with E-state index in [1.165, 1.54) is 4.90 Å². The number of thioether (sulfide) groups is 1. The lowest BCUT2D eigenvalue weighted by atomic mass is 10.2. The van der Waals surface area contributed by atoms with Gasteiger partial charge in [0.05, 0.1) is 18.2 Å². The molecule has 2 rings (SSSR count). The van der Waals surface area contributed by atoms with Gasteiger partial charge in [-0.2, -0.15) is 5.26 Å². The van der Waals surface area contributed by atoms with Crippen molar-refractivity contribution >= 4 is 11.8 Å². The maximum atomic E-state index is 9.17. The Morgan fingerprint density at radius 3 is 2.39 bits per heavy atom. The van der Waals surface area contributed by atoms with Crippen LogP contribution in [0.25, 0.3) is 0 Å². The fourth-order valence-corrected chi connectivity index (χ4v) is 2.45. The first-order valence-corrected chi connectivity index (χ1v) is 8.39. The second-order valence-electron chi connectivity index (χ2n) is 4.97. The molecule has 1 atom stereocenters. The summed E-state index contributed by atoms with van der Waals surface area (Å²) in [6.45, 7) is 2.38. The van der Waals surface area contributed by atoms with Crippen LogP contribution in [0.5, 0.6) is 17.2 Å². The molecule has 120 valence electrons. The SMILES string of the molecule is COCC(C)Oc1cc(C#N)cc(Oc2ccc(SC)cc2)c1. The molecule has 0 aliphatic rings. The van der Waals surface area contributed by atoms with Gasteiger partial charge in [0, 0.05) is 18.1 Å². The molecule has 5 heteroatoms. The molecule has 0 radical (unpaired) electrons. The zero-order valence-electron chi connectivity index (χ0n) is 13.4. The summed E-state index contributed by atoms with van der Waals surface area (Å²) in [7, 11) is 1.62. The Balaban J connectivity index is 2.18. The molecule has 0 saturated heterocycles. The highest BCUT2D eigenvalue weighted by molar-refractivity contribution is 7.98. The number of nitrogens with zero attached hydrogens (tertiary/aromatic N) is 1. The van der Waals surface area contributed by atoms with Gasteiger partial charge in [0.1, 0.15) is 23.4 Å². The van der Waals surface area contributed by atoms with E-state index >= 15 is 0 Å². The predicted octanol–water partition coefficient (Wildman–Crippen LogP) is 4.49. The summed E-state index contributed by atoms with van der Waals surface area (Å²) >= 11 is 1.67. The van der Waals surface area contributed by atoms with Gasteiger partial charge in [0.15, 0.2) is 0 Å². The van der Waals surface area contributed by atoms with Gasteiger partial charge >= 0.3 is 0 Å². The van der Waals surface area contributed by atoms with Crippen molar-refractivity contribution in [2.75, 3.05) is 20.0 Å². The van der Waals surface area contributed by atoms with Crippen molar-refractivity contribution in [1.29, 1.82) is 5.26 Å². The monoisotopic (exact) mass is 329 g/mol. The van der Waals surface area contributed by atoms with Crippen molar-refractivity contribution in [3.8, 4) is 23.3 Å². The lowest BCUT2D eigenvalue weighted by Gasteiger charge is -2.15. The minimum Gasteiger partial charge on any atom is -0.488 e. The predicted molar refractivity (Wildman–Crippen MR) is 91.4 cm³/mol. The number of benzene rings is 2. The van der Waals surface area contributed by atoms with E-state index in [-0.39, 0.29) is 6.10 Å². The molecule has 0 aromatic heterocycles. The van der Waals surface area contributed by atoms with Crippen molar-refractivity contribution in [3.63, 3.8) is 0 Å². The molecule has 0 amide bonds. The Bertz CT molecular complexity index is 680. The van der Waals surface area contributed by atoms with Crippen LogP contribution < -0.4 is 9.47 Å². The summed E-state index contributed by atoms with van der Waals surface area (Å²) in [5.74, 6) is 1.87. The summed E-state index contributed by atoms with van der Waals surface area (Å²) in [5.41, 5.74) is 0.489. The number of hydrogen-bond acceptors (Lipinski definition) is 5. The molecule has 0 saturated carbocycles. The van der Waals surface area contributed by atoms with Gasteiger partial charge in [-0.3, -0.25) is 0 Å². The minimum absolute atomic E-state index is 0.109. The lowest BCUT2D eigenvalue weighted by molar-refractivity contribution is 0.0919. The number of methoxy groups -OCH3 is 1. The number of nitriles is 1.